The van der Waals surface area contributed by atoms with E-state index in [4.69, 9.17) is 4.74 Å². The summed E-state index contributed by atoms with van der Waals surface area (Å²) in [4.78, 5) is 0. The molecule has 2 rings (SSSR count). The number of hydrogen-bond donors (Lipinski definition) is 1. The zero-order valence-corrected chi connectivity index (χ0v) is 12.1. The third-order valence-corrected chi connectivity index (χ3v) is 3.22. The van der Waals surface area contributed by atoms with E-state index in [2.05, 4.69) is 33.1 Å². The van der Waals surface area contributed by atoms with Gasteiger partial charge in [-0.15, -0.1) is 0 Å². The molecule has 0 spiro atoms. The topological polar surface area (TPSA) is 33.6 Å². The van der Waals surface area contributed by atoms with Crippen molar-refractivity contribution in [2.45, 2.75) is 0 Å². The number of nitrogens with zero attached hydrogens (tertiary/aromatic N) is 1. The number of para-hydroxylation sites is 2. The van der Waals surface area contributed by atoms with Crippen molar-refractivity contribution < 1.29 is 4.74 Å². The molecule has 0 aliphatic heterocycles. The van der Waals surface area contributed by atoms with Gasteiger partial charge in [-0.05, 0) is 46.9 Å². The molecule has 2 aromatic rings. The molecule has 0 saturated heterocycles. The van der Waals surface area contributed by atoms with Crippen LogP contribution in [0.4, 0.5) is 5.69 Å². The van der Waals surface area contributed by atoms with E-state index in [0.717, 1.165) is 20.6 Å². The van der Waals surface area contributed by atoms with Crippen molar-refractivity contribution in [3.8, 4) is 5.75 Å². The van der Waals surface area contributed by atoms with Crippen LogP contribution in [0.3, 0.4) is 0 Å². The second-order valence-electron chi connectivity index (χ2n) is 3.60. The summed E-state index contributed by atoms with van der Waals surface area (Å²) in [5, 5.41) is 4.20. The van der Waals surface area contributed by atoms with Gasteiger partial charge in [0.1, 0.15) is 5.75 Å². The number of benzene rings is 2. The Morgan fingerprint density at radius 2 is 1.89 bits per heavy atom. The number of methoxy groups -OCH3 is 1. The van der Waals surface area contributed by atoms with Crippen molar-refractivity contribution in [2.75, 3.05) is 12.5 Å². The summed E-state index contributed by atoms with van der Waals surface area (Å²) in [5.74, 6) is 0.844. The lowest BCUT2D eigenvalue weighted by Crippen LogP contribution is -1.95. The van der Waals surface area contributed by atoms with E-state index >= 15 is 0 Å². The lowest BCUT2D eigenvalue weighted by Gasteiger charge is -2.06. The molecule has 1 N–H and O–H groups in total. The molecule has 0 bridgehead atoms. The Hall–Kier alpha value is -1.56. The highest BCUT2D eigenvalue weighted by atomic mass is 127. The van der Waals surface area contributed by atoms with Crippen molar-refractivity contribution in [3.05, 3.63) is 57.7 Å². The van der Waals surface area contributed by atoms with Crippen molar-refractivity contribution in [1.82, 2.24) is 0 Å². The van der Waals surface area contributed by atoms with E-state index < -0.39 is 0 Å². The van der Waals surface area contributed by atoms with Crippen LogP contribution in [0.1, 0.15) is 5.56 Å². The summed E-state index contributed by atoms with van der Waals surface area (Å²) in [5.41, 5.74) is 4.88. The van der Waals surface area contributed by atoms with Gasteiger partial charge in [0.25, 0.3) is 0 Å². The van der Waals surface area contributed by atoms with Crippen molar-refractivity contribution >= 4 is 34.5 Å². The maximum absolute atomic E-state index is 5.35. The van der Waals surface area contributed by atoms with Gasteiger partial charge >= 0.3 is 0 Å². The molecule has 3 nitrogen and oxygen atoms in total. The summed E-state index contributed by atoms with van der Waals surface area (Å²) < 4.78 is 6.42. The minimum absolute atomic E-state index is 0.844. The van der Waals surface area contributed by atoms with E-state index in [9.17, 15) is 0 Å². The highest BCUT2D eigenvalue weighted by molar-refractivity contribution is 14.1. The van der Waals surface area contributed by atoms with Crippen LogP contribution in [0.15, 0.2) is 53.6 Å². The van der Waals surface area contributed by atoms with E-state index in [-0.39, 0.29) is 0 Å². The first-order valence-electron chi connectivity index (χ1n) is 5.48. The molecule has 2 aromatic carbocycles. The number of anilines is 1. The molecule has 0 aliphatic carbocycles. The number of halogens is 1. The Balaban J connectivity index is 2.12. The predicted octanol–water partition coefficient (Wildman–Crippen LogP) is 3.75. The van der Waals surface area contributed by atoms with Gasteiger partial charge in [0.05, 0.1) is 22.6 Å². The molecule has 0 aliphatic rings. The van der Waals surface area contributed by atoms with Crippen LogP contribution >= 0.6 is 22.6 Å². The fourth-order valence-electron chi connectivity index (χ4n) is 1.53. The predicted molar refractivity (Wildman–Crippen MR) is 83.4 cm³/mol. The Bertz CT molecular complexity index is 541. The van der Waals surface area contributed by atoms with Gasteiger partial charge in [-0.1, -0.05) is 24.3 Å². The molecule has 0 fully saturated rings. The van der Waals surface area contributed by atoms with Crippen LogP contribution in [0.2, 0.25) is 0 Å². The van der Waals surface area contributed by atoms with Gasteiger partial charge < -0.3 is 4.74 Å². The number of nitrogens with one attached hydrogen (secondary N) is 1. The standard InChI is InChI=1S/C14H13IN2O/c1-18-14-11(6-5-9-13(14)15)10-16-17-12-7-3-2-4-8-12/h2-10,17H,1H3. The molecule has 92 valence electrons. The highest BCUT2D eigenvalue weighted by Gasteiger charge is 2.03. The summed E-state index contributed by atoms with van der Waals surface area (Å²) in [7, 11) is 1.67. The van der Waals surface area contributed by atoms with Crippen LogP contribution in [0, 0.1) is 3.57 Å². The SMILES string of the molecule is COc1c(I)cccc1C=NNc1ccccc1. The summed E-state index contributed by atoms with van der Waals surface area (Å²) >= 11 is 2.24. The summed E-state index contributed by atoms with van der Waals surface area (Å²) in [6.45, 7) is 0. The molecule has 0 saturated carbocycles. The lowest BCUT2D eigenvalue weighted by atomic mass is 10.2. The maximum atomic E-state index is 5.35. The molecular formula is C14H13IN2O. The second kappa shape index (κ2) is 6.39. The van der Waals surface area contributed by atoms with E-state index in [1.54, 1.807) is 13.3 Å². The smallest absolute Gasteiger partial charge is 0.141 e. The second-order valence-corrected chi connectivity index (χ2v) is 4.76. The van der Waals surface area contributed by atoms with E-state index in [0.29, 0.717) is 0 Å². The van der Waals surface area contributed by atoms with Crippen LogP contribution in [-0.2, 0) is 0 Å². The number of rotatable bonds is 4. The fourth-order valence-corrected chi connectivity index (χ4v) is 2.27. The normalized spacial score (nSPS) is 10.6. The van der Waals surface area contributed by atoms with Crippen molar-refractivity contribution in [1.29, 1.82) is 0 Å². The lowest BCUT2D eigenvalue weighted by molar-refractivity contribution is 0.411. The molecule has 0 unspecified atom stereocenters. The largest absolute Gasteiger partial charge is 0.495 e. The van der Waals surface area contributed by atoms with Crippen LogP contribution in [-0.4, -0.2) is 13.3 Å². The van der Waals surface area contributed by atoms with Crippen LogP contribution in [0.5, 0.6) is 5.75 Å². The van der Waals surface area contributed by atoms with Crippen molar-refractivity contribution in [3.63, 3.8) is 0 Å². The number of ether oxygens (including phenoxy) is 1. The van der Waals surface area contributed by atoms with Crippen LogP contribution < -0.4 is 10.2 Å². The molecule has 0 radical (unpaired) electrons. The van der Waals surface area contributed by atoms with E-state index in [1.165, 1.54) is 0 Å². The third kappa shape index (κ3) is 3.22. The van der Waals surface area contributed by atoms with Gasteiger partial charge in [-0.2, -0.15) is 5.10 Å². The van der Waals surface area contributed by atoms with Gasteiger partial charge in [0.15, 0.2) is 0 Å². The minimum atomic E-state index is 0.844. The molecule has 0 heterocycles. The van der Waals surface area contributed by atoms with Gasteiger partial charge in [0, 0.05) is 5.56 Å². The molecule has 0 aromatic heterocycles. The Labute approximate surface area is 120 Å². The Morgan fingerprint density at radius 3 is 2.61 bits per heavy atom. The third-order valence-electron chi connectivity index (χ3n) is 2.37. The first-order valence-corrected chi connectivity index (χ1v) is 6.56. The fraction of sp³-hybridized carbons (Fsp3) is 0.0714. The number of hydrogen-bond acceptors (Lipinski definition) is 3. The first-order chi connectivity index (χ1) is 8.81. The zero-order chi connectivity index (χ0) is 12.8. The Kier molecular flexibility index (Phi) is 4.58. The Morgan fingerprint density at radius 1 is 1.11 bits per heavy atom. The first kappa shape index (κ1) is 12.9. The van der Waals surface area contributed by atoms with Gasteiger partial charge in [-0.3, -0.25) is 5.43 Å². The van der Waals surface area contributed by atoms with Gasteiger partial charge in [-0.25, -0.2) is 0 Å². The molecule has 18 heavy (non-hydrogen) atoms. The molecule has 4 heteroatoms. The summed E-state index contributed by atoms with van der Waals surface area (Å²) in [6, 6.07) is 15.8. The number of hydrazone groups is 1. The summed E-state index contributed by atoms with van der Waals surface area (Å²) in [6.07, 6.45) is 1.76. The maximum Gasteiger partial charge on any atom is 0.141 e. The van der Waals surface area contributed by atoms with Gasteiger partial charge in [0.2, 0.25) is 0 Å². The monoisotopic (exact) mass is 352 g/mol. The average molecular weight is 352 g/mol. The molecular weight excluding hydrogens is 339 g/mol. The quantitative estimate of drug-likeness (QED) is 0.517. The molecule has 0 atom stereocenters. The van der Waals surface area contributed by atoms with E-state index in [1.807, 2.05) is 48.5 Å². The van der Waals surface area contributed by atoms with Crippen molar-refractivity contribution in [2.24, 2.45) is 5.10 Å². The highest BCUT2D eigenvalue weighted by Crippen LogP contribution is 2.23. The minimum Gasteiger partial charge on any atom is -0.495 e. The van der Waals surface area contributed by atoms with Crippen LogP contribution in [0.25, 0.3) is 0 Å². The molecule has 0 amide bonds. The average Bonchev–Trinajstić information content (AvgIpc) is 2.40. The zero-order valence-electron chi connectivity index (χ0n) is 9.93.